The molecule has 0 aromatic heterocycles. The van der Waals surface area contributed by atoms with Gasteiger partial charge in [-0.25, -0.2) is 4.79 Å². The molecule has 1 fully saturated rings. The lowest BCUT2D eigenvalue weighted by atomic mass is 10.0. The van der Waals surface area contributed by atoms with Crippen LogP contribution in [0.15, 0.2) is 18.2 Å². The number of carbonyl (C=O) groups excluding carboxylic acids is 6. The number of nitrogens with zero attached hydrogens (tertiary/aromatic N) is 1. The number of aliphatic carboxylic acids is 1. The fourth-order valence-corrected chi connectivity index (χ4v) is 6.54. The zero-order valence-electron chi connectivity index (χ0n) is 32.8. The molecular weight excluding hydrogens is 724 g/mol. The first-order valence-corrected chi connectivity index (χ1v) is 20.2. The monoisotopic (exact) mass is 786 g/mol. The second-order valence-corrected chi connectivity index (χ2v) is 14.4. The third-order valence-corrected chi connectivity index (χ3v) is 9.84. The Morgan fingerprint density at radius 1 is 0.839 bits per heavy atom. The number of piperazine rings is 1. The Hall–Kier alpha value is -4.93. The number of carbonyl (C=O) groups is 7. The topological polar surface area (TPSA) is 250 Å². The molecule has 56 heavy (non-hydrogen) atoms. The Morgan fingerprint density at radius 2 is 1.50 bits per heavy atom. The average Bonchev–Trinajstić information content (AvgIpc) is 3.17. The molecule has 17 nitrogen and oxygen atoms in total. The number of fused-ring (bicyclic) bond motifs is 1. The number of unbranched alkanes of at least 4 members (excludes halogenated alkanes) is 9. The summed E-state index contributed by atoms with van der Waals surface area (Å²) in [5.41, 5.74) is 5.88. The highest BCUT2D eigenvalue weighted by Crippen LogP contribution is 2.25. The number of urea groups is 1. The quantitative estimate of drug-likeness (QED) is 0.0897. The van der Waals surface area contributed by atoms with E-state index in [1.165, 1.54) is 12.1 Å². The van der Waals surface area contributed by atoms with Crippen LogP contribution in [0.5, 0.6) is 5.75 Å². The molecule has 0 spiro atoms. The van der Waals surface area contributed by atoms with E-state index < -0.39 is 54.1 Å². The van der Waals surface area contributed by atoms with E-state index in [0.717, 1.165) is 84.0 Å². The van der Waals surface area contributed by atoms with Gasteiger partial charge in [-0.15, -0.1) is 0 Å². The number of ether oxygens (including phenoxy) is 1. The number of amides is 7. The minimum atomic E-state index is -1.32. The van der Waals surface area contributed by atoms with Gasteiger partial charge in [0.1, 0.15) is 23.9 Å². The lowest BCUT2D eigenvalue weighted by molar-refractivity contribution is -0.137. The maximum atomic E-state index is 13.7. The van der Waals surface area contributed by atoms with E-state index in [1.807, 2.05) is 11.8 Å². The molecule has 1 aromatic carbocycles. The minimum Gasteiger partial charge on any atom is -0.493 e. The Balaban J connectivity index is 1.54. The molecule has 7 amide bonds. The number of nitrogens with two attached hydrogens (primary N) is 1. The molecule has 0 radical (unpaired) electrons. The van der Waals surface area contributed by atoms with Crippen molar-refractivity contribution in [2.24, 2.45) is 5.73 Å². The summed E-state index contributed by atoms with van der Waals surface area (Å²) >= 11 is 0. The Kier molecular flexibility index (Phi) is 20.5. The van der Waals surface area contributed by atoms with Crippen LogP contribution >= 0.6 is 0 Å². The van der Waals surface area contributed by atoms with E-state index in [9.17, 15) is 38.7 Å². The van der Waals surface area contributed by atoms with Crippen molar-refractivity contribution < 1.29 is 43.4 Å². The van der Waals surface area contributed by atoms with E-state index in [2.05, 4.69) is 31.9 Å². The van der Waals surface area contributed by atoms with Gasteiger partial charge in [-0.3, -0.25) is 28.8 Å². The summed E-state index contributed by atoms with van der Waals surface area (Å²) in [6, 6.07) is 0.963. The van der Waals surface area contributed by atoms with Crippen molar-refractivity contribution in [2.45, 2.75) is 128 Å². The first-order valence-electron chi connectivity index (χ1n) is 20.2. The molecule has 2 heterocycles. The predicted molar refractivity (Wildman–Crippen MR) is 210 cm³/mol. The largest absolute Gasteiger partial charge is 0.493 e. The first-order chi connectivity index (χ1) is 27.0. The van der Waals surface area contributed by atoms with E-state index in [-0.39, 0.29) is 55.5 Å². The number of anilines is 1. The maximum Gasteiger partial charge on any atom is 0.317 e. The van der Waals surface area contributed by atoms with E-state index in [4.69, 9.17) is 10.5 Å². The highest BCUT2D eigenvalue weighted by atomic mass is 16.5. The lowest BCUT2D eigenvalue weighted by Crippen LogP contribution is -2.56. The molecule has 3 rings (SSSR count). The normalized spacial score (nSPS) is 19.3. The van der Waals surface area contributed by atoms with Gasteiger partial charge < -0.3 is 52.4 Å². The zero-order chi connectivity index (χ0) is 40.7. The summed E-state index contributed by atoms with van der Waals surface area (Å²) < 4.78 is 5.87. The number of hydrogen-bond acceptors (Lipinski definition) is 9. The van der Waals surface area contributed by atoms with Gasteiger partial charge >= 0.3 is 12.0 Å². The lowest BCUT2D eigenvalue weighted by Gasteiger charge is -2.27. The molecule has 17 heteroatoms. The highest BCUT2D eigenvalue weighted by Gasteiger charge is 2.31. The molecule has 0 saturated carbocycles. The molecule has 3 atom stereocenters. The van der Waals surface area contributed by atoms with Crippen LogP contribution in [-0.4, -0.2) is 109 Å². The van der Waals surface area contributed by atoms with E-state index >= 15 is 0 Å². The third-order valence-electron chi connectivity index (χ3n) is 9.84. The van der Waals surface area contributed by atoms with Crippen LogP contribution in [0.1, 0.15) is 120 Å². The van der Waals surface area contributed by atoms with Crippen LogP contribution in [0, 0.1) is 0 Å². The maximum absolute atomic E-state index is 13.7. The number of carboxylic acid groups (broad SMARTS) is 1. The third kappa shape index (κ3) is 16.8. The van der Waals surface area contributed by atoms with Crippen molar-refractivity contribution in [3.8, 4) is 5.75 Å². The predicted octanol–water partition coefficient (Wildman–Crippen LogP) is 2.53. The van der Waals surface area contributed by atoms with Gasteiger partial charge in [0, 0.05) is 57.7 Å². The Morgan fingerprint density at radius 3 is 2.18 bits per heavy atom. The van der Waals surface area contributed by atoms with Gasteiger partial charge in [-0.05, 0) is 43.9 Å². The van der Waals surface area contributed by atoms with Gasteiger partial charge in [0.15, 0.2) is 0 Å². The molecule has 312 valence electrons. The highest BCUT2D eigenvalue weighted by molar-refractivity contribution is 6.02. The number of hydrogen-bond donors (Lipinski definition) is 8. The number of carboxylic acids is 1. The molecule has 0 aliphatic carbocycles. The summed E-state index contributed by atoms with van der Waals surface area (Å²) in [7, 11) is 0. The van der Waals surface area contributed by atoms with Crippen LogP contribution in [0.25, 0.3) is 0 Å². The molecule has 2 aliphatic heterocycles. The standard InChI is InChI=1S/C39H62N8O9/c1-2-3-10-13-30-37(53)44-29(35(40)51)19-25-56-32-17-15-27(26-28(32)36(52)45-31(38(54)46-30)16-18-34(49)50)43-33(48)14-11-8-6-4-5-7-9-12-20-42-39(55)47-23-21-41-22-24-47/h15,17,26,29-31,41H,2-14,16,18-25H2,1H3,(H2,40,51)(H,42,55)(H,43,48)(H,44,53)(H,45,52)(H,46,54)(H,49,50)/t29-,30-,31-/m0/s1. The molecule has 1 saturated heterocycles. The zero-order valence-corrected chi connectivity index (χ0v) is 32.8. The smallest absolute Gasteiger partial charge is 0.317 e. The second kappa shape index (κ2) is 25.3. The molecule has 0 bridgehead atoms. The summed E-state index contributed by atoms with van der Waals surface area (Å²) in [6.45, 7) is 5.70. The number of primary amides is 1. The molecule has 0 unspecified atom stereocenters. The van der Waals surface area contributed by atoms with Gasteiger partial charge in [0.2, 0.25) is 23.6 Å². The van der Waals surface area contributed by atoms with Crippen LogP contribution in [-0.2, 0) is 24.0 Å². The van der Waals surface area contributed by atoms with Gasteiger partial charge in [-0.1, -0.05) is 64.7 Å². The minimum absolute atomic E-state index is 0.0127. The summed E-state index contributed by atoms with van der Waals surface area (Å²) in [4.78, 5) is 90.9. The van der Waals surface area contributed by atoms with Crippen LogP contribution in [0.4, 0.5) is 10.5 Å². The second-order valence-electron chi connectivity index (χ2n) is 14.4. The van der Waals surface area contributed by atoms with Gasteiger partial charge in [-0.2, -0.15) is 0 Å². The number of rotatable bonds is 20. The van der Waals surface area contributed by atoms with Gasteiger partial charge in [0.25, 0.3) is 5.91 Å². The van der Waals surface area contributed by atoms with Crippen molar-refractivity contribution in [2.75, 3.05) is 44.6 Å². The van der Waals surface area contributed by atoms with E-state index in [0.29, 0.717) is 25.1 Å². The van der Waals surface area contributed by atoms with Crippen LogP contribution < -0.4 is 42.4 Å². The molecule has 9 N–H and O–H groups in total. The van der Waals surface area contributed by atoms with Crippen molar-refractivity contribution in [3.05, 3.63) is 23.8 Å². The van der Waals surface area contributed by atoms with Crippen LogP contribution in [0.2, 0.25) is 0 Å². The average molecular weight is 787 g/mol. The summed E-state index contributed by atoms with van der Waals surface area (Å²) in [5, 5.41) is 26.2. The summed E-state index contributed by atoms with van der Waals surface area (Å²) in [5.74, 6) is -4.27. The van der Waals surface area contributed by atoms with Crippen molar-refractivity contribution in [1.29, 1.82) is 0 Å². The Labute approximate surface area is 329 Å². The van der Waals surface area contributed by atoms with Crippen molar-refractivity contribution >= 4 is 47.2 Å². The van der Waals surface area contributed by atoms with Crippen LogP contribution in [0.3, 0.4) is 0 Å². The molecule has 2 aliphatic rings. The fraction of sp³-hybridized carbons (Fsp3) is 0.667. The van der Waals surface area contributed by atoms with E-state index in [1.54, 1.807) is 6.07 Å². The number of benzene rings is 1. The number of nitrogens with one attached hydrogen (secondary N) is 6. The van der Waals surface area contributed by atoms with Crippen molar-refractivity contribution in [1.82, 2.24) is 31.5 Å². The molecule has 1 aromatic rings. The SMILES string of the molecule is CCCCC[C@@H]1NC(=O)[C@H](CCC(=O)O)NC(=O)c2cc(NC(=O)CCCCCCCCCCNC(=O)N3CCNCC3)ccc2OCC[C@@H](C(N)=O)NC1=O. The van der Waals surface area contributed by atoms with Crippen molar-refractivity contribution in [3.63, 3.8) is 0 Å². The van der Waals surface area contributed by atoms with Gasteiger partial charge in [0.05, 0.1) is 12.2 Å². The Bertz CT molecular complexity index is 1470. The summed E-state index contributed by atoms with van der Waals surface area (Å²) in [6.07, 6.45) is 9.86. The first kappa shape index (κ1) is 45.5. The molecular formula is C39H62N8O9. The fourth-order valence-electron chi connectivity index (χ4n) is 6.54.